The number of benzene rings is 1. The smallest absolute Gasteiger partial charge is 0.156 e. The van der Waals surface area contributed by atoms with Gasteiger partial charge in [0.05, 0.1) is 17.3 Å². The number of anilines is 3. The van der Waals surface area contributed by atoms with Crippen molar-refractivity contribution in [2.75, 3.05) is 17.7 Å². The molecule has 0 fully saturated rings. The number of nitrogens with zero attached hydrogens (tertiary/aromatic N) is 3. The van der Waals surface area contributed by atoms with Crippen LogP contribution in [-0.2, 0) is 0 Å². The molecule has 0 aliphatic rings. The predicted octanol–water partition coefficient (Wildman–Crippen LogP) is 2.61. The second kappa shape index (κ2) is 4.76. The summed E-state index contributed by atoms with van der Waals surface area (Å²) in [6.45, 7) is 1.95. The van der Waals surface area contributed by atoms with E-state index in [-0.39, 0.29) is 0 Å². The topological polar surface area (TPSA) is 65.9 Å². The van der Waals surface area contributed by atoms with Gasteiger partial charge in [0, 0.05) is 18.9 Å². The second-order valence-electron chi connectivity index (χ2n) is 4.08. The minimum absolute atomic E-state index is 0.636. The Morgan fingerprint density at radius 3 is 2.50 bits per heavy atom. The molecule has 18 heavy (non-hydrogen) atoms. The molecule has 0 saturated heterocycles. The van der Waals surface area contributed by atoms with Gasteiger partial charge in [-0.05, 0) is 42.8 Å². The summed E-state index contributed by atoms with van der Waals surface area (Å²) in [6.07, 6.45) is 1.74. The van der Waals surface area contributed by atoms with Gasteiger partial charge in [-0.15, -0.1) is 0 Å². The normalized spacial score (nSPS) is 9.83. The van der Waals surface area contributed by atoms with Crippen molar-refractivity contribution in [1.82, 2.24) is 4.98 Å². The van der Waals surface area contributed by atoms with E-state index in [1.807, 2.05) is 37.1 Å². The van der Waals surface area contributed by atoms with Gasteiger partial charge in [-0.25, -0.2) is 4.98 Å². The fourth-order valence-corrected chi connectivity index (χ4v) is 1.70. The average Bonchev–Trinajstić information content (AvgIpc) is 2.41. The maximum atomic E-state index is 8.77. The van der Waals surface area contributed by atoms with Gasteiger partial charge in [0.15, 0.2) is 5.82 Å². The maximum Gasteiger partial charge on any atom is 0.156 e. The number of nitriles is 1. The third-order valence-corrected chi connectivity index (χ3v) is 2.89. The van der Waals surface area contributed by atoms with Gasteiger partial charge in [-0.2, -0.15) is 5.26 Å². The Balaban J connectivity index is 2.38. The lowest BCUT2D eigenvalue weighted by atomic mass is 10.2. The highest BCUT2D eigenvalue weighted by atomic mass is 15.2. The van der Waals surface area contributed by atoms with Crippen molar-refractivity contribution in [2.45, 2.75) is 6.92 Å². The fourth-order valence-electron chi connectivity index (χ4n) is 1.70. The molecular weight excluding hydrogens is 224 g/mol. The van der Waals surface area contributed by atoms with Crippen molar-refractivity contribution >= 4 is 17.2 Å². The first kappa shape index (κ1) is 11.9. The molecule has 0 aliphatic heterocycles. The highest BCUT2D eigenvalue weighted by Crippen LogP contribution is 2.28. The van der Waals surface area contributed by atoms with E-state index in [2.05, 4.69) is 11.1 Å². The summed E-state index contributed by atoms with van der Waals surface area (Å²) in [7, 11) is 1.90. The number of aromatic nitrogens is 1. The van der Waals surface area contributed by atoms with Crippen LogP contribution in [-0.4, -0.2) is 12.0 Å². The summed E-state index contributed by atoms with van der Waals surface area (Å²) < 4.78 is 0. The van der Waals surface area contributed by atoms with Gasteiger partial charge in [0.25, 0.3) is 0 Å². The third-order valence-electron chi connectivity index (χ3n) is 2.89. The monoisotopic (exact) mass is 238 g/mol. The van der Waals surface area contributed by atoms with E-state index >= 15 is 0 Å². The molecule has 0 spiro atoms. The number of nitrogen functional groups attached to an aromatic ring is 1. The zero-order valence-electron chi connectivity index (χ0n) is 10.4. The number of hydrogen-bond acceptors (Lipinski definition) is 4. The Morgan fingerprint density at radius 1 is 1.22 bits per heavy atom. The van der Waals surface area contributed by atoms with E-state index in [1.165, 1.54) is 0 Å². The van der Waals surface area contributed by atoms with E-state index in [4.69, 9.17) is 11.0 Å². The molecule has 0 unspecified atom stereocenters. The van der Waals surface area contributed by atoms with Crippen LogP contribution in [0.1, 0.15) is 11.1 Å². The zero-order valence-corrected chi connectivity index (χ0v) is 10.4. The Hall–Kier alpha value is -2.54. The minimum atomic E-state index is 0.636. The molecule has 2 rings (SSSR count). The van der Waals surface area contributed by atoms with Crippen LogP contribution >= 0.6 is 0 Å². The Labute approximate surface area is 106 Å². The summed E-state index contributed by atoms with van der Waals surface area (Å²) in [5, 5.41) is 8.77. The second-order valence-corrected chi connectivity index (χ2v) is 4.08. The average molecular weight is 238 g/mol. The lowest BCUT2D eigenvalue weighted by Gasteiger charge is -2.20. The van der Waals surface area contributed by atoms with E-state index in [9.17, 15) is 0 Å². The summed E-state index contributed by atoms with van der Waals surface area (Å²) in [5.41, 5.74) is 9.27. The summed E-state index contributed by atoms with van der Waals surface area (Å²) in [5.74, 6) is 0.722. The van der Waals surface area contributed by atoms with Gasteiger partial charge >= 0.3 is 0 Å². The third kappa shape index (κ3) is 2.11. The highest BCUT2D eigenvalue weighted by Gasteiger charge is 2.10. The molecular formula is C14H14N4. The van der Waals surface area contributed by atoms with Gasteiger partial charge in [-0.3, -0.25) is 0 Å². The van der Waals surface area contributed by atoms with Crippen LogP contribution < -0.4 is 10.6 Å². The van der Waals surface area contributed by atoms with E-state index in [1.54, 1.807) is 18.3 Å². The van der Waals surface area contributed by atoms with Gasteiger partial charge in [0.2, 0.25) is 0 Å². The molecule has 1 aromatic carbocycles. The van der Waals surface area contributed by atoms with E-state index in [0.29, 0.717) is 11.3 Å². The minimum Gasteiger partial charge on any atom is -0.396 e. The van der Waals surface area contributed by atoms with Gasteiger partial charge < -0.3 is 10.6 Å². The van der Waals surface area contributed by atoms with Crippen molar-refractivity contribution < 1.29 is 0 Å². The predicted molar refractivity (Wildman–Crippen MR) is 72.6 cm³/mol. The number of aryl methyl sites for hydroxylation is 1. The summed E-state index contributed by atoms with van der Waals surface area (Å²) >= 11 is 0. The Bertz CT molecular complexity index is 596. The molecule has 90 valence electrons. The van der Waals surface area contributed by atoms with E-state index in [0.717, 1.165) is 17.1 Å². The first-order valence-corrected chi connectivity index (χ1v) is 5.58. The highest BCUT2D eigenvalue weighted by molar-refractivity contribution is 5.72. The molecule has 1 aromatic heterocycles. The van der Waals surface area contributed by atoms with E-state index < -0.39 is 0 Å². The molecule has 2 N–H and O–H groups in total. The molecule has 1 heterocycles. The molecule has 0 amide bonds. The number of hydrogen-bond donors (Lipinski definition) is 1. The SMILES string of the molecule is Cc1ccnc(N(C)c2ccc(C#N)cc2)c1N. The quantitative estimate of drug-likeness (QED) is 0.873. The van der Waals surface area contributed by atoms with Crippen LogP contribution in [0, 0.1) is 18.3 Å². The van der Waals surface area contributed by atoms with Crippen molar-refractivity contribution in [3.8, 4) is 6.07 Å². The molecule has 0 bridgehead atoms. The number of nitrogens with two attached hydrogens (primary N) is 1. The lowest BCUT2D eigenvalue weighted by Crippen LogP contribution is -2.13. The van der Waals surface area contributed by atoms with Gasteiger partial charge in [-0.1, -0.05) is 0 Å². The molecule has 4 nitrogen and oxygen atoms in total. The molecule has 0 atom stereocenters. The van der Waals surface area contributed by atoms with Crippen molar-refractivity contribution in [3.63, 3.8) is 0 Å². The number of rotatable bonds is 2. The fraction of sp³-hybridized carbons (Fsp3) is 0.143. The van der Waals surface area contributed by atoms with Crippen LogP contribution in [0.2, 0.25) is 0 Å². The van der Waals surface area contributed by atoms with Gasteiger partial charge in [0.1, 0.15) is 0 Å². The first-order chi connectivity index (χ1) is 8.63. The zero-order chi connectivity index (χ0) is 13.1. The standard InChI is InChI=1S/C14H14N4/c1-10-7-8-17-14(13(10)16)18(2)12-5-3-11(9-15)4-6-12/h3-8H,16H2,1-2H3. The van der Waals surface area contributed by atoms with Crippen LogP contribution in [0.4, 0.5) is 17.2 Å². The molecule has 4 heteroatoms. The first-order valence-electron chi connectivity index (χ1n) is 5.58. The lowest BCUT2D eigenvalue weighted by molar-refractivity contribution is 1.12. The Morgan fingerprint density at radius 2 is 1.89 bits per heavy atom. The molecule has 0 radical (unpaired) electrons. The van der Waals surface area contributed by atoms with Crippen LogP contribution in [0.25, 0.3) is 0 Å². The van der Waals surface area contributed by atoms with Crippen molar-refractivity contribution in [3.05, 3.63) is 47.7 Å². The van der Waals surface area contributed by atoms with Crippen LogP contribution in [0.3, 0.4) is 0 Å². The molecule has 0 saturated carbocycles. The molecule has 0 aliphatic carbocycles. The maximum absolute atomic E-state index is 8.77. The number of pyridine rings is 1. The Kier molecular flexibility index (Phi) is 3.16. The van der Waals surface area contributed by atoms with Crippen molar-refractivity contribution in [1.29, 1.82) is 5.26 Å². The largest absolute Gasteiger partial charge is 0.396 e. The summed E-state index contributed by atoms with van der Waals surface area (Å²) in [4.78, 5) is 6.20. The van der Waals surface area contributed by atoms with Crippen LogP contribution in [0.5, 0.6) is 0 Å². The van der Waals surface area contributed by atoms with Crippen LogP contribution in [0.15, 0.2) is 36.5 Å². The van der Waals surface area contributed by atoms with Crippen molar-refractivity contribution in [2.24, 2.45) is 0 Å². The molecule has 2 aromatic rings. The summed E-state index contributed by atoms with van der Waals surface area (Å²) in [6, 6.07) is 11.3.